The first-order chi connectivity index (χ1) is 18.6. The molecule has 0 amide bonds. The number of methoxy groups -OCH3 is 3. The van der Waals surface area contributed by atoms with Crippen molar-refractivity contribution in [2.75, 3.05) is 39.9 Å². The van der Waals surface area contributed by atoms with Crippen LogP contribution in [0, 0.1) is 0 Å². The number of hydrogen-bond acceptors (Lipinski definition) is 7. The van der Waals surface area contributed by atoms with Gasteiger partial charge in [-0.05, 0) is 54.6 Å². The van der Waals surface area contributed by atoms with Gasteiger partial charge in [-0.15, -0.1) is 0 Å². The van der Waals surface area contributed by atoms with Crippen LogP contribution in [0.1, 0.15) is 0 Å². The Morgan fingerprint density at radius 3 is 2.50 bits per heavy atom. The van der Waals surface area contributed by atoms with Crippen molar-refractivity contribution in [2.24, 2.45) is 4.99 Å². The highest BCUT2D eigenvalue weighted by molar-refractivity contribution is 6.30. The molecule has 1 aliphatic heterocycles. The molecule has 0 spiro atoms. The van der Waals surface area contributed by atoms with Crippen LogP contribution in [0.4, 0.5) is 11.4 Å². The Kier molecular flexibility index (Phi) is 7.83. The van der Waals surface area contributed by atoms with Crippen molar-refractivity contribution in [1.82, 2.24) is 14.5 Å². The van der Waals surface area contributed by atoms with Gasteiger partial charge in [0.15, 0.2) is 0 Å². The monoisotopic (exact) mass is 529 g/mol. The molecule has 38 heavy (non-hydrogen) atoms. The third kappa shape index (κ3) is 5.33. The molecule has 1 aliphatic carbocycles. The summed E-state index contributed by atoms with van der Waals surface area (Å²) >= 11 is 6.41. The van der Waals surface area contributed by atoms with E-state index in [0.29, 0.717) is 29.8 Å². The minimum absolute atomic E-state index is 0.216. The lowest BCUT2D eigenvalue weighted by atomic mass is 10.1. The van der Waals surface area contributed by atoms with Crippen LogP contribution < -0.4 is 15.4 Å². The van der Waals surface area contributed by atoms with Crippen LogP contribution in [0.2, 0.25) is 5.02 Å². The van der Waals surface area contributed by atoms with E-state index >= 15 is 0 Å². The lowest BCUT2D eigenvalue weighted by molar-refractivity contribution is 0.118. The van der Waals surface area contributed by atoms with Gasteiger partial charge in [-0.3, -0.25) is 4.99 Å². The maximum absolute atomic E-state index is 6.41. The summed E-state index contributed by atoms with van der Waals surface area (Å²) in [5.74, 6) is 0.476. The van der Waals surface area contributed by atoms with Gasteiger partial charge >= 0.3 is 0 Å². The molecule has 0 saturated heterocycles. The van der Waals surface area contributed by atoms with E-state index in [4.69, 9.17) is 35.8 Å². The zero-order chi connectivity index (χ0) is 26.5. The van der Waals surface area contributed by atoms with E-state index in [2.05, 4.69) is 14.9 Å². The molecule has 1 aromatic heterocycles. The van der Waals surface area contributed by atoms with Crippen molar-refractivity contribution in [3.05, 3.63) is 89.4 Å². The number of hydrogen-bond donors (Lipinski definition) is 1. The van der Waals surface area contributed by atoms with Gasteiger partial charge in [0.1, 0.15) is 5.69 Å². The Morgan fingerprint density at radius 2 is 1.74 bits per heavy atom. The van der Waals surface area contributed by atoms with Gasteiger partial charge in [0.25, 0.3) is 0 Å². The average molecular weight is 530 g/mol. The molecule has 9 heteroatoms. The number of benzene rings is 3. The van der Waals surface area contributed by atoms with Gasteiger partial charge in [-0.25, -0.2) is 9.97 Å². The Bertz CT molecular complexity index is 1600. The van der Waals surface area contributed by atoms with Crippen molar-refractivity contribution in [3.8, 4) is 23.0 Å². The molecule has 8 nitrogen and oxygen atoms in total. The molecule has 0 fully saturated rings. The van der Waals surface area contributed by atoms with Crippen LogP contribution in [0.25, 0.3) is 28.1 Å². The van der Waals surface area contributed by atoms with E-state index in [1.54, 1.807) is 27.5 Å². The second-order valence-corrected chi connectivity index (χ2v) is 9.09. The van der Waals surface area contributed by atoms with Gasteiger partial charge in [0.2, 0.25) is 5.88 Å². The molecule has 5 rings (SSSR count). The fourth-order valence-electron chi connectivity index (χ4n) is 4.44. The van der Waals surface area contributed by atoms with Gasteiger partial charge in [-0.2, -0.15) is 0 Å². The SMILES string of the molecule is COCC(COC)N=c1cc2n(-c3cccc(Cl)c3)c3ccccc3nc-2cc1Nc1cccnc1OC. The first-order valence-corrected chi connectivity index (χ1v) is 12.5. The highest BCUT2D eigenvalue weighted by Gasteiger charge is 2.18. The summed E-state index contributed by atoms with van der Waals surface area (Å²) in [5, 5.41) is 4.82. The Balaban J connectivity index is 1.82. The summed E-state index contributed by atoms with van der Waals surface area (Å²) in [5.41, 5.74) is 5.85. The number of anilines is 2. The molecule has 3 aromatic rings. The standard InChI is InChI=1S/C29H28ClN5O3/c1-36-17-20(18-37-2)32-25-16-28-26(15-24(25)34-23-11-7-13-31-29(23)38-3)33-22-10-4-5-12-27(22)35(28)21-9-6-8-19(30)14-21/h4-16,20,34H,17-18H2,1-3H3. The van der Waals surface area contributed by atoms with Crippen molar-refractivity contribution < 1.29 is 14.2 Å². The van der Waals surface area contributed by atoms with Crippen molar-refractivity contribution >= 4 is 34.0 Å². The van der Waals surface area contributed by atoms with E-state index in [9.17, 15) is 0 Å². The van der Waals surface area contributed by atoms with Crippen LogP contribution >= 0.6 is 11.6 Å². The highest BCUT2D eigenvalue weighted by Crippen LogP contribution is 2.32. The molecule has 1 N–H and O–H groups in total. The van der Waals surface area contributed by atoms with Gasteiger partial charge in [0, 0.05) is 31.1 Å². The maximum Gasteiger partial charge on any atom is 0.237 e. The summed E-state index contributed by atoms with van der Waals surface area (Å²) in [6.45, 7) is 0.817. The summed E-state index contributed by atoms with van der Waals surface area (Å²) in [4.78, 5) is 14.3. The molecule has 2 heterocycles. The lowest BCUT2D eigenvalue weighted by Gasteiger charge is -2.21. The predicted molar refractivity (Wildman–Crippen MR) is 150 cm³/mol. The first-order valence-electron chi connectivity index (χ1n) is 12.1. The van der Waals surface area contributed by atoms with E-state index < -0.39 is 0 Å². The number of rotatable bonds is 9. The number of halogens is 1. The molecule has 2 aliphatic rings. The first kappa shape index (κ1) is 25.7. The van der Waals surface area contributed by atoms with E-state index in [0.717, 1.165) is 39.2 Å². The number of fused-ring (bicyclic) bond motifs is 2. The normalized spacial score (nSPS) is 12.0. The van der Waals surface area contributed by atoms with E-state index in [-0.39, 0.29) is 6.04 Å². The largest absolute Gasteiger partial charge is 0.480 e. The van der Waals surface area contributed by atoms with Crippen LogP contribution in [0.5, 0.6) is 5.88 Å². The minimum Gasteiger partial charge on any atom is -0.480 e. The Hall–Kier alpha value is -3.98. The fourth-order valence-corrected chi connectivity index (χ4v) is 4.62. The van der Waals surface area contributed by atoms with Crippen LogP contribution in [-0.2, 0) is 9.47 Å². The van der Waals surface area contributed by atoms with Crippen LogP contribution in [0.3, 0.4) is 0 Å². The van der Waals surface area contributed by atoms with Gasteiger partial charge in [0.05, 0.1) is 59.8 Å². The molecule has 0 atom stereocenters. The Labute approximate surface area is 225 Å². The van der Waals surface area contributed by atoms with Crippen molar-refractivity contribution in [3.63, 3.8) is 0 Å². The summed E-state index contributed by atoms with van der Waals surface area (Å²) in [6.07, 6.45) is 1.69. The molecular formula is C29H28ClN5O3. The van der Waals surface area contributed by atoms with Crippen molar-refractivity contribution in [1.29, 1.82) is 0 Å². The smallest absolute Gasteiger partial charge is 0.237 e. The second-order valence-electron chi connectivity index (χ2n) is 8.65. The number of ether oxygens (including phenoxy) is 3. The van der Waals surface area contributed by atoms with Crippen LogP contribution in [-0.4, -0.2) is 55.1 Å². The zero-order valence-corrected chi connectivity index (χ0v) is 22.1. The van der Waals surface area contributed by atoms with Crippen LogP contribution in [0.15, 0.2) is 84.0 Å². The predicted octanol–water partition coefficient (Wildman–Crippen LogP) is 5.49. The number of pyridine rings is 1. The fraction of sp³-hybridized carbons (Fsp3) is 0.207. The lowest BCUT2D eigenvalue weighted by Crippen LogP contribution is -2.24. The number of aromatic nitrogens is 3. The Morgan fingerprint density at radius 1 is 0.921 bits per heavy atom. The number of para-hydroxylation sites is 2. The topological polar surface area (TPSA) is 82.8 Å². The van der Waals surface area contributed by atoms with Crippen molar-refractivity contribution in [2.45, 2.75) is 6.04 Å². The summed E-state index contributed by atoms with van der Waals surface area (Å²) in [6, 6.07) is 23.3. The van der Waals surface area contributed by atoms with Gasteiger partial charge in [-0.1, -0.05) is 29.8 Å². The molecule has 0 unspecified atom stereocenters. The third-order valence-corrected chi connectivity index (χ3v) is 6.27. The average Bonchev–Trinajstić information content (AvgIpc) is 2.92. The van der Waals surface area contributed by atoms with Gasteiger partial charge < -0.3 is 24.1 Å². The molecule has 0 radical (unpaired) electrons. The molecule has 0 bridgehead atoms. The minimum atomic E-state index is -0.216. The molecule has 0 saturated carbocycles. The summed E-state index contributed by atoms with van der Waals surface area (Å²) < 4.78 is 18.5. The van der Waals surface area contributed by atoms with E-state index in [1.807, 2.05) is 72.8 Å². The number of nitrogens with zero attached hydrogens (tertiary/aromatic N) is 4. The number of nitrogens with one attached hydrogen (secondary N) is 1. The quantitative estimate of drug-likeness (QED) is 0.254. The van der Waals surface area contributed by atoms with E-state index in [1.165, 1.54) is 0 Å². The third-order valence-electron chi connectivity index (χ3n) is 6.04. The summed E-state index contributed by atoms with van der Waals surface area (Å²) in [7, 11) is 4.90. The molecule has 194 valence electrons. The zero-order valence-electron chi connectivity index (χ0n) is 21.4. The highest BCUT2D eigenvalue weighted by atomic mass is 35.5. The second kappa shape index (κ2) is 11.6. The molecule has 2 aromatic carbocycles. The maximum atomic E-state index is 6.41. The molecular weight excluding hydrogens is 502 g/mol.